The fourth-order valence-electron chi connectivity index (χ4n) is 1.10. The molecule has 0 aliphatic carbocycles. The normalized spacial score (nSPS) is 12.1. The van der Waals surface area contributed by atoms with Crippen LogP contribution in [-0.4, -0.2) is 24.2 Å². The standard InChI is InChI=1S/C11H16N2OS/c1-9(11(14)13-8-7-12)15-10-5-3-2-4-6-10/h2-6,9H,7-8,12H2,1H3,(H,13,14). The van der Waals surface area contributed by atoms with Crippen LogP contribution in [0.1, 0.15) is 6.92 Å². The highest BCUT2D eigenvalue weighted by Gasteiger charge is 2.12. The molecule has 0 spiro atoms. The fourth-order valence-corrected chi connectivity index (χ4v) is 2.01. The van der Waals surface area contributed by atoms with Gasteiger partial charge in [-0.15, -0.1) is 11.8 Å². The number of hydrogen-bond donors (Lipinski definition) is 2. The average Bonchev–Trinajstić information content (AvgIpc) is 2.27. The molecule has 1 atom stereocenters. The number of carbonyl (C=O) groups excluding carboxylic acids is 1. The highest BCUT2D eigenvalue weighted by molar-refractivity contribution is 8.00. The van der Waals surface area contributed by atoms with E-state index in [0.29, 0.717) is 13.1 Å². The summed E-state index contributed by atoms with van der Waals surface area (Å²) in [5, 5.41) is 2.68. The van der Waals surface area contributed by atoms with Gasteiger partial charge in [0.15, 0.2) is 0 Å². The van der Waals surface area contributed by atoms with E-state index >= 15 is 0 Å². The zero-order valence-electron chi connectivity index (χ0n) is 8.77. The van der Waals surface area contributed by atoms with Crippen LogP contribution in [0.15, 0.2) is 35.2 Å². The highest BCUT2D eigenvalue weighted by Crippen LogP contribution is 2.22. The summed E-state index contributed by atoms with van der Waals surface area (Å²) in [7, 11) is 0. The molecule has 82 valence electrons. The molecule has 1 aromatic rings. The lowest BCUT2D eigenvalue weighted by Gasteiger charge is -2.10. The van der Waals surface area contributed by atoms with Gasteiger partial charge in [0, 0.05) is 18.0 Å². The molecule has 0 bridgehead atoms. The lowest BCUT2D eigenvalue weighted by molar-refractivity contribution is -0.120. The minimum Gasteiger partial charge on any atom is -0.354 e. The van der Waals surface area contributed by atoms with Gasteiger partial charge < -0.3 is 11.1 Å². The van der Waals surface area contributed by atoms with Crippen molar-refractivity contribution in [1.82, 2.24) is 5.32 Å². The maximum atomic E-state index is 11.5. The number of thioether (sulfide) groups is 1. The number of benzene rings is 1. The molecule has 1 unspecified atom stereocenters. The number of nitrogens with two attached hydrogens (primary N) is 1. The third-order valence-electron chi connectivity index (χ3n) is 1.87. The Morgan fingerprint density at radius 3 is 2.73 bits per heavy atom. The van der Waals surface area contributed by atoms with Crippen LogP contribution >= 0.6 is 11.8 Å². The Morgan fingerprint density at radius 1 is 1.47 bits per heavy atom. The molecule has 3 N–H and O–H groups in total. The van der Waals surface area contributed by atoms with Gasteiger partial charge in [0.25, 0.3) is 0 Å². The molecule has 1 rings (SSSR count). The Morgan fingerprint density at radius 2 is 2.13 bits per heavy atom. The van der Waals surface area contributed by atoms with Crippen molar-refractivity contribution >= 4 is 17.7 Å². The van der Waals surface area contributed by atoms with E-state index in [1.807, 2.05) is 37.3 Å². The van der Waals surface area contributed by atoms with Crippen molar-refractivity contribution in [3.05, 3.63) is 30.3 Å². The van der Waals surface area contributed by atoms with Gasteiger partial charge in [-0.25, -0.2) is 0 Å². The third-order valence-corrected chi connectivity index (χ3v) is 2.98. The molecular formula is C11H16N2OS. The first-order valence-corrected chi connectivity index (χ1v) is 5.81. The van der Waals surface area contributed by atoms with Crippen molar-refractivity contribution in [2.45, 2.75) is 17.1 Å². The van der Waals surface area contributed by atoms with Crippen LogP contribution in [0.3, 0.4) is 0 Å². The molecule has 0 saturated heterocycles. The van der Waals surface area contributed by atoms with E-state index in [0.717, 1.165) is 4.90 Å². The summed E-state index contributed by atoms with van der Waals surface area (Å²) in [6, 6.07) is 9.89. The van der Waals surface area contributed by atoms with Crippen molar-refractivity contribution in [3.8, 4) is 0 Å². The molecule has 0 fully saturated rings. The molecule has 0 aromatic heterocycles. The first-order chi connectivity index (χ1) is 7.24. The van der Waals surface area contributed by atoms with Crippen LogP contribution in [0, 0.1) is 0 Å². The van der Waals surface area contributed by atoms with Crippen molar-refractivity contribution in [2.24, 2.45) is 5.73 Å². The summed E-state index contributed by atoms with van der Waals surface area (Å²) in [5.41, 5.74) is 5.31. The van der Waals surface area contributed by atoms with Crippen LogP contribution in [0.25, 0.3) is 0 Å². The summed E-state index contributed by atoms with van der Waals surface area (Å²) < 4.78 is 0. The Labute approximate surface area is 94.4 Å². The van der Waals surface area contributed by atoms with E-state index in [9.17, 15) is 4.79 Å². The largest absolute Gasteiger partial charge is 0.354 e. The molecule has 3 nitrogen and oxygen atoms in total. The van der Waals surface area contributed by atoms with Gasteiger partial charge in [-0.05, 0) is 19.1 Å². The van der Waals surface area contributed by atoms with Crippen molar-refractivity contribution in [3.63, 3.8) is 0 Å². The van der Waals surface area contributed by atoms with Crippen LogP contribution in [0.4, 0.5) is 0 Å². The number of rotatable bonds is 5. The summed E-state index contributed by atoms with van der Waals surface area (Å²) in [6.07, 6.45) is 0. The van der Waals surface area contributed by atoms with E-state index in [4.69, 9.17) is 5.73 Å². The van der Waals surface area contributed by atoms with Crippen molar-refractivity contribution in [1.29, 1.82) is 0 Å². The zero-order chi connectivity index (χ0) is 11.1. The second-order valence-corrected chi connectivity index (χ2v) is 4.57. The summed E-state index contributed by atoms with van der Waals surface area (Å²) >= 11 is 1.55. The van der Waals surface area contributed by atoms with Gasteiger partial charge in [0.2, 0.25) is 5.91 Å². The van der Waals surface area contributed by atoms with E-state index in [-0.39, 0.29) is 11.2 Å². The molecular weight excluding hydrogens is 208 g/mol. The van der Waals surface area contributed by atoms with Crippen LogP contribution < -0.4 is 11.1 Å². The summed E-state index contributed by atoms with van der Waals surface area (Å²) in [5.74, 6) is 0.0364. The predicted octanol–water partition coefficient (Wildman–Crippen LogP) is 1.24. The van der Waals surface area contributed by atoms with Crippen LogP contribution in [0.5, 0.6) is 0 Å². The Kier molecular flexibility index (Phi) is 5.21. The second kappa shape index (κ2) is 6.48. The maximum absolute atomic E-state index is 11.5. The maximum Gasteiger partial charge on any atom is 0.233 e. The van der Waals surface area contributed by atoms with Gasteiger partial charge >= 0.3 is 0 Å². The SMILES string of the molecule is CC(Sc1ccccc1)C(=O)NCCN. The van der Waals surface area contributed by atoms with Gasteiger partial charge in [-0.1, -0.05) is 18.2 Å². The van der Waals surface area contributed by atoms with Crippen LogP contribution in [-0.2, 0) is 4.79 Å². The van der Waals surface area contributed by atoms with Gasteiger partial charge in [0.1, 0.15) is 0 Å². The first-order valence-electron chi connectivity index (χ1n) is 4.93. The molecule has 4 heteroatoms. The van der Waals surface area contributed by atoms with E-state index in [2.05, 4.69) is 5.32 Å². The predicted molar refractivity (Wildman–Crippen MR) is 63.8 cm³/mol. The smallest absolute Gasteiger partial charge is 0.233 e. The van der Waals surface area contributed by atoms with Gasteiger partial charge in [-0.2, -0.15) is 0 Å². The number of nitrogens with one attached hydrogen (secondary N) is 1. The minimum atomic E-state index is -0.0843. The summed E-state index contributed by atoms with van der Waals surface area (Å²) in [6.45, 7) is 2.91. The number of carbonyl (C=O) groups is 1. The molecule has 0 aliphatic rings. The second-order valence-electron chi connectivity index (χ2n) is 3.15. The van der Waals surface area contributed by atoms with Crippen molar-refractivity contribution < 1.29 is 4.79 Å². The molecule has 0 saturated carbocycles. The first kappa shape index (κ1) is 12.1. The molecule has 0 radical (unpaired) electrons. The van der Waals surface area contributed by atoms with E-state index in [1.165, 1.54) is 0 Å². The molecule has 0 heterocycles. The van der Waals surface area contributed by atoms with Gasteiger partial charge in [-0.3, -0.25) is 4.79 Å². The average molecular weight is 224 g/mol. The minimum absolute atomic E-state index is 0.0364. The lowest BCUT2D eigenvalue weighted by atomic mass is 10.4. The highest BCUT2D eigenvalue weighted by atomic mass is 32.2. The Hall–Kier alpha value is -1.00. The molecule has 1 aromatic carbocycles. The Balaban J connectivity index is 2.41. The third kappa shape index (κ3) is 4.36. The Bertz CT molecular complexity index is 303. The topological polar surface area (TPSA) is 55.1 Å². The van der Waals surface area contributed by atoms with E-state index < -0.39 is 0 Å². The summed E-state index contributed by atoms with van der Waals surface area (Å²) in [4.78, 5) is 12.6. The molecule has 15 heavy (non-hydrogen) atoms. The fraction of sp³-hybridized carbons (Fsp3) is 0.364. The zero-order valence-corrected chi connectivity index (χ0v) is 9.59. The molecule has 0 aliphatic heterocycles. The van der Waals surface area contributed by atoms with Crippen LogP contribution in [0.2, 0.25) is 0 Å². The molecule has 1 amide bonds. The van der Waals surface area contributed by atoms with Crippen molar-refractivity contribution in [2.75, 3.05) is 13.1 Å². The number of amides is 1. The lowest BCUT2D eigenvalue weighted by Crippen LogP contribution is -2.34. The van der Waals surface area contributed by atoms with E-state index in [1.54, 1.807) is 11.8 Å². The monoisotopic (exact) mass is 224 g/mol. The number of hydrogen-bond acceptors (Lipinski definition) is 3. The quantitative estimate of drug-likeness (QED) is 0.740. The van der Waals surface area contributed by atoms with Gasteiger partial charge in [0.05, 0.1) is 5.25 Å².